The zero-order valence-electron chi connectivity index (χ0n) is 10.7. The summed E-state index contributed by atoms with van der Waals surface area (Å²) in [5.74, 6) is 0.668. The molecule has 0 amide bonds. The summed E-state index contributed by atoms with van der Waals surface area (Å²) in [6.45, 7) is 2.54. The van der Waals surface area contributed by atoms with Crippen molar-refractivity contribution in [2.45, 2.75) is 13.5 Å². The molecule has 0 spiro atoms. The lowest BCUT2D eigenvalue weighted by atomic mass is 10.1. The van der Waals surface area contributed by atoms with Crippen LogP contribution in [0, 0.1) is 6.92 Å². The molecule has 1 aromatic carbocycles. The molecular weight excluding hydrogens is 282 g/mol. The average molecular weight is 296 g/mol. The van der Waals surface area contributed by atoms with Crippen molar-refractivity contribution in [3.63, 3.8) is 0 Å². The fraction of sp³-hybridized carbons (Fsp3) is 0.231. The van der Waals surface area contributed by atoms with Crippen molar-refractivity contribution >= 4 is 28.8 Å². The molecule has 2 rings (SSSR count). The van der Waals surface area contributed by atoms with Crippen molar-refractivity contribution in [2.24, 2.45) is 5.73 Å². The molecule has 19 heavy (non-hydrogen) atoms. The monoisotopic (exact) mass is 295 g/mol. The van der Waals surface area contributed by atoms with Crippen LogP contribution in [0.3, 0.4) is 0 Å². The molecule has 0 fully saturated rings. The fourth-order valence-corrected chi connectivity index (χ4v) is 2.10. The Morgan fingerprint density at radius 3 is 2.79 bits per heavy atom. The van der Waals surface area contributed by atoms with Gasteiger partial charge >= 0.3 is 0 Å². The van der Waals surface area contributed by atoms with E-state index < -0.39 is 0 Å². The smallest absolute Gasteiger partial charge is 0.129 e. The van der Waals surface area contributed by atoms with Crippen LogP contribution in [0.1, 0.15) is 16.8 Å². The van der Waals surface area contributed by atoms with Gasteiger partial charge in [-0.1, -0.05) is 29.9 Å². The molecule has 6 heteroatoms. The van der Waals surface area contributed by atoms with E-state index in [1.807, 2.05) is 29.8 Å². The third-order valence-electron chi connectivity index (χ3n) is 2.91. The van der Waals surface area contributed by atoms with Gasteiger partial charge in [-0.25, -0.2) is 0 Å². The number of ether oxygens (including phenoxy) is 1. The first-order chi connectivity index (χ1) is 9.02. The summed E-state index contributed by atoms with van der Waals surface area (Å²) in [5.41, 5.74) is 8.34. The first-order valence-corrected chi connectivity index (χ1v) is 6.46. The van der Waals surface area contributed by atoms with Gasteiger partial charge in [-0.15, -0.1) is 0 Å². The normalized spacial score (nSPS) is 10.5. The van der Waals surface area contributed by atoms with Crippen molar-refractivity contribution in [2.75, 3.05) is 7.11 Å². The molecule has 100 valence electrons. The van der Waals surface area contributed by atoms with Gasteiger partial charge in [0.15, 0.2) is 0 Å². The van der Waals surface area contributed by atoms with Crippen molar-refractivity contribution in [1.29, 1.82) is 0 Å². The van der Waals surface area contributed by atoms with Crippen LogP contribution < -0.4 is 10.5 Å². The van der Waals surface area contributed by atoms with Gasteiger partial charge in [0.2, 0.25) is 0 Å². The van der Waals surface area contributed by atoms with Crippen LogP contribution in [0.5, 0.6) is 5.75 Å². The lowest BCUT2D eigenvalue weighted by molar-refractivity contribution is 0.413. The lowest BCUT2D eigenvalue weighted by Crippen LogP contribution is -2.12. The molecule has 2 aromatic rings. The molecule has 4 nitrogen and oxygen atoms in total. The van der Waals surface area contributed by atoms with Gasteiger partial charge in [0.1, 0.15) is 10.7 Å². The number of nitrogens with two attached hydrogens (primary N) is 1. The summed E-state index contributed by atoms with van der Waals surface area (Å²) in [4.78, 5) is 0.321. The van der Waals surface area contributed by atoms with Crippen LogP contribution in [0.25, 0.3) is 0 Å². The molecule has 0 bridgehead atoms. The van der Waals surface area contributed by atoms with Crippen LogP contribution in [0.4, 0.5) is 0 Å². The molecule has 0 saturated carbocycles. The van der Waals surface area contributed by atoms with Crippen LogP contribution in [-0.4, -0.2) is 21.9 Å². The van der Waals surface area contributed by atoms with Gasteiger partial charge in [0.25, 0.3) is 0 Å². The average Bonchev–Trinajstić information content (AvgIpc) is 2.70. The van der Waals surface area contributed by atoms with Gasteiger partial charge in [-0.2, -0.15) is 5.10 Å². The zero-order chi connectivity index (χ0) is 14.0. The Balaban J connectivity index is 2.31. The Kier molecular flexibility index (Phi) is 4.07. The molecular formula is C13H14ClN3OS. The van der Waals surface area contributed by atoms with E-state index in [0.29, 0.717) is 22.3 Å². The van der Waals surface area contributed by atoms with Crippen molar-refractivity contribution in [3.8, 4) is 5.75 Å². The number of nitrogens with zero attached hydrogens (tertiary/aromatic N) is 2. The second-order valence-corrected chi connectivity index (χ2v) is 4.98. The third-order valence-corrected chi connectivity index (χ3v) is 3.50. The van der Waals surface area contributed by atoms with Crippen molar-refractivity contribution in [1.82, 2.24) is 9.78 Å². The highest BCUT2D eigenvalue weighted by atomic mass is 35.5. The van der Waals surface area contributed by atoms with E-state index in [1.165, 1.54) is 0 Å². The number of halogens is 1. The molecule has 0 aliphatic heterocycles. The maximum atomic E-state index is 5.98. The predicted molar refractivity (Wildman–Crippen MR) is 80.0 cm³/mol. The van der Waals surface area contributed by atoms with Crippen molar-refractivity contribution < 1.29 is 4.74 Å². The summed E-state index contributed by atoms with van der Waals surface area (Å²) < 4.78 is 7.13. The Morgan fingerprint density at radius 2 is 2.26 bits per heavy atom. The molecule has 0 radical (unpaired) electrons. The van der Waals surface area contributed by atoms with Crippen LogP contribution in [-0.2, 0) is 6.54 Å². The quantitative estimate of drug-likeness (QED) is 0.881. The van der Waals surface area contributed by atoms with E-state index in [4.69, 9.17) is 34.3 Å². The number of rotatable bonds is 4. The molecule has 0 saturated heterocycles. The minimum atomic E-state index is 0.321. The Labute approximate surface area is 122 Å². The molecule has 1 heterocycles. The minimum absolute atomic E-state index is 0.321. The first-order valence-electron chi connectivity index (χ1n) is 5.67. The molecule has 0 unspecified atom stereocenters. The summed E-state index contributed by atoms with van der Waals surface area (Å²) in [7, 11) is 1.59. The van der Waals surface area contributed by atoms with Crippen molar-refractivity contribution in [3.05, 3.63) is 46.2 Å². The van der Waals surface area contributed by atoms with Gasteiger partial charge in [0.05, 0.1) is 36.1 Å². The number of thiocarbonyl (C=S) groups is 1. The maximum absolute atomic E-state index is 5.98. The van der Waals surface area contributed by atoms with E-state index >= 15 is 0 Å². The van der Waals surface area contributed by atoms with E-state index in [1.54, 1.807) is 13.3 Å². The number of methoxy groups -OCH3 is 1. The van der Waals surface area contributed by atoms with E-state index in [9.17, 15) is 0 Å². The van der Waals surface area contributed by atoms with E-state index in [0.717, 1.165) is 16.8 Å². The first kappa shape index (κ1) is 13.8. The maximum Gasteiger partial charge on any atom is 0.129 e. The zero-order valence-corrected chi connectivity index (χ0v) is 12.3. The van der Waals surface area contributed by atoms with Crippen LogP contribution >= 0.6 is 23.8 Å². The van der Waals surface area contributed by atoms with E-state index in [2.05, 4.69) is 5.10 Å². The molecule has 2 N–H and O–H groups in total. The highest BCUT2D eigenvalue weighted by Crippen LogP contribution is 2.22. The molecule has 0 aliphatic rings. The summed E-state index contributed by atoms with van der Waals surface area (Å²) in [6.07, 6.45) is 1.64. The Hall–Kier alpha value is -1.59. The SMILES string of the molecule is COc1cc(Cn2ncc(Cl)c2C)ccc1C(N)=S. The number of hydrogen-bond donors (Lipinski definition) is 1. The molecule has 1 aromatic heterocycles. The third kappa shape index (κ3) is 2.88. The number of aromatic nitrogens is 2. The second-order valence-electron chi connectivity index (χ2n) is 4.13. The number of hydrogen-bond acceptors (Lipinski definition) is 3. The molecule has 0 aliphatic carbocycles. The summed E-state index contributed by atoms with van der Waals surface area (Å²) in [6, 6.07) is 5.71. The topological polar surface area (TPSA) is 53.1 Å². The number of benzene rings is 1. The Morgan fingerprint density at radius 1 is 1.53 bits per heavy atom. The van der Waals surface area contributed by atoms with Gasteiger partial charge < -0.3 is 10.5 Å². The highest BCUT2D eigenvalue weighted by Gasteiger charge is 2.09. The van der Waals surface area contributed by atoms with E-state index in [-0.39, 0.29) is 0 Å². The van der Waals surface area contributed by atoms with Gasteiger partial charge in [-0.3, -0.25) is 4.68 Å². The molecule has 0 atom stereocenters. The Bertz CT molecular complexity index is 624. The highest BCUT2D eigenvalue weighted by molar-refractivity contribution is 7.80. The largest absolute Gasteiger partial charge is 0.496 e. The second kappa shape index (κ2) is 5.59. The van der Waals surface area contributed by atoms with Gasteiger partial charge in [0, 0.05) is 0 Å². The van der Waals surface area contributed by atoms with Gasteiger partial charge in [-0.05, 0) is 24.6 Å². The predicted octanol–water partition coefficient (Wildman–Crippen LogP) is 2.54. The lowest BCUT2D eigenvalue weighted by Gasteiger charge is -2.10. The summed E-state index contributed by atoms with van der Waals surface area (Å²) >= 11 is 11.0. The minimum Gasteiger partial charge on any atom is -0.496 e. The fourth-order valence-electron chi connectivity index (χ4n) is 1.79. The van der Waals surface area contributed by atoms with Crippen LogP contribution in [0.15, 0.2) is 24.4 Å². The van der Waals surface area contributed by atoms with Crippen LogP contribution in [0.2, 0.25) is 5.02 Å². The standard InChI is InChI=1S/C13H14ClN3OS/c1-8-11(14)6-16-17(8)7-9-3-4-10(13(15)19)12(5-9)18-2/h3-6H,7H2,1-2H3,(H2,15,19). The summed E-state index contributed by atoms with van der Waals surface area (Å²) in [5, 5.41) is 4.88.